The molecule has 2 aromatic carbocycles. The fourth-order valence-corrected chi connectivity index (χ4v) is 5.39. The summed E-state index contributed by atoms with van der Waals surface area (Å²) in [4.78, 5) is 32.0. The van der Waals surface area contributed by atoms with Gasteiger partial charge in [0.05, 0.1) is 40.1 Å². The lowest BCUT2D eigenvalue weighted by Gasteiger charge is -2.25. The van der Waals surface area contributed by atoms with E-state index in [2.05, 4.69) is 4.99 Å². The molecular formula is C26H23ClN2O6S. The second-order valence-electron chi connectivity index (χ2n) is 8.54. The van der Waals surface area contributed by atoms with Crippen molar-refractivity contribution in [1.29, 1.82) is 0 Å². The summed E-state index contributed by atoms with van der Waals surface area (Å²) in [6, 6.07) is 9.93. The number of nitrogens with zero attached hydrogens (tertiary/aromatic N) is 2. The highest BCUT2D eigenvalue weighted by molar-refractivity contribution is 7.07. The smallest absolute Gasteiger partial charge is 0.338 e. The number of carbonyl (C=O) groups is 1. The van der Waals surface area contributed by atoms with E-state index in [1.165, 1.54) is 15.9 Å². The molecule has 0 aliphatic carbocycles. The largest absolute Gasteiger partial charge is 0.497 e. The molecule has 0 bridgehead atoms. The lowest BCUT2D eigenvalue weighted by molar-refractivity contribution is -0.143. The Balaban J connectivity index is 1.69. The van der Waals surface area contributed by atoms with Crippen molar-refractivity contribution in [2.24, 2.45) is 4.99 Å². The Bertz CT molecular complexity index is 1570. The van der Waals surface area contributed by atoms with Gasteiger partial charge in [0, 0.05) is 6.07 Å². The van der Waals surface area contributed by atoms with Gasteiger partial charge in [-0.05, 0) is 56.2 Å². The lowest BCUT2D eigenvalue weighted by Crippen LogP contribution is -2.40. The van der Waals surface area contributed by atoms with Crippen molar-refractivity contribution < 1.29 is 23.7 Å². The van der Waals surface area contributed by atoms with Crippen LogP contribution in [0, 0.1) is 0 Å². The second kappa shape index (κ2) is 9.48. The zero-order chi connectivity index (χ0) is 25.6. The third kappa shape index (κ3) is 4.29. The first-order valence-electron chi connectivity index (χ1n) is 11.2. The van der Waals surface area contributed by atoms with Crippen LogP contribution in [-0.2, 0) is 9.53 Å². The number of rotatable bonds is 5. The number of fused-ring (bicyclic) bond motifs is 2. The molecule has 2 aliphatic heterocycles. The van der Waals surface area contributed by atoms with Crippen LogP contribution in [0.25, 0.3) is 6.08 Å². The van der Waals surface area contributed by atoms with Gasteiger partial charge >= 0.3 is 5.97 Å². The number of esters is 1. The van der Waals surface area contributed by atoms with Crippen LogP contribution in [0.1, 0.15) is 37.9 Å². The van der Waals surface area contributed by atoms with Crippen molar-refractivity contribution in [1.82, 2.24) is 4.57 Å². The number of ether oxygens (including phenoxy) is 4. The molecule has 0 radical (unpaired) electrons. The topological polar surface area (TPSA) is 88.4 Å². The molecule has 0 spiro atoms. The maximum absolute atomic E-state index is 13.8. The van der Waals surface area contributed by atoms with Crippen LogP contribution in [0.2, 0.25) is 5.02 Å². The van der Waals surface area contributed by atoms with Gasteiger partial charge in [-0.25, -0.2) is 9.79 Å². The maximum atomic E-state index is 13.8. The van der Waals surface area contributed by atoms with Crippen molar-refractivity contribution in [2.45, 2.75) is 32.9 Å². The van der Waals surface area contributed by atoms with Gasteiger partial charge in [-0.2, -0.15) is 0 Å². The number of carbonyl (C=O) groups excluding carboxylic acids is 1. The summed E-state index contributed by atoms with van der Waals surface area (Å²) in [5, 5.41) is 0.425. The summed E-state index contributed by atoms with van der Waals surface area (Å²) in [5.74, 6) is 1.27. The molecular weight excluding hydrogens is 504 g/mol. The molecule has 3 heterocycles. The standard InChI is InChI=1S/C26H23ClN2O6S/c1-13(2)35-25(31)22-14(3)28-26-29(23(22)15-5-7-17(32-4)8-6-15)24(30)21(36-26)10-16-9-19-20(11-18(16)27)34-12-33-19/h5-11,13,23H,12H2,1-4H3/b21-10+. The number of thiazole rings is 1. The number of benzene rings is 2. The molecule has 0 saturated carbocycles. The number of aromatic nitrogens is 1. The van der Waals surface area contributed by atoms with Gasteiger partial charge in [-0.3, -0.25) is 9.36 Å². The minimum atomic E-state index is -0.715. The monoisotopic (exact) mass is 526 g/mol. The molecule has 3 aromatic rings. The third-order valence-electron chi connectivity index (χ3n) is 5.79. The normalized spacial score (nSPS) is 16.7. The first-order chi connectivity index (χ1) is 17.3. The van der Waals surface area contributed by atoms with E-state index in [1.807, 2.05) is 12.1 Å². The molecule has 0 fully saturated rings. The van der Waals surface area contributed by atoms with E-state index in [9.17, 15) is 9.59 Å². The highest BCUT2D eigenvalue weighted by Crippen LogP contribution is 2.37. The lowest BCUT2D eigenvalue weighted by atomic mass is 9.96. The molecule has 10 heteroatoms. The summed E-state index contributed by atoms with van der Waals surface area (Å²) in [5.41, 5.74) is 1.86. The highest BCUT2D eigenvalue weighted by atomic mass is 35.5. The summed E-state index contributed by atoms with van der Waals surface area (Å²) in [6.45, 7) is 5.42. The summed E-state index contributed by atoms with van der Waals surface area (Å²) in [7, 11) is 1.58. The van der Waals surface area contributed by atoms with E-state index in [0.29, 0.717) is 48.4 Å². The molecule has 5 rings (SSSR count). The Morgan fingerprint density at radius 2 is 1.92 bits per heavy atom. The number of hydrogen-bond acceptors (Lipinski definition) is 8. The van der Waals surface area contributed by atoms with E-state index in [1.54, 1.807) is 58.2 Å². The van der Waals surface area contributed by atoms with Crippen LogP contribution in [-0.4, -0.2) is 30.5 Å². The number of methoxy groups -OCH3 is 1. The van der Waals surface area contributed by atoms with E-state index in [0.717, 1.165) is 5.56 Å². The maximum Gasteiger partial charge on any atom is 0.338 e. The molecule has 0 amide bonds. The van der Waals surface area contributed by atoms with Crippen LogP contribution in [0.3, 0.4) is 0 Å². The molecule has 2 aliphatic rings. The molecule has 186 valence electrons. The Morgan fingerprint density at radius 1 is 1.22 bits per heavy atom. The van der Waals surface area contributed by atoms with Crippen LogP contribution >= 0.6 is 22.9 Å². The van der Waals surface area contributed by atoms with E-state index < -0.39 is 12.0 Å². The van der Waals surface area contributed by atoms with Crippen molar-refractivity contribution in [2.75, 3.05) is 13.9 Å². The minimum Gasteiger partial charge on any atom is -0.497 e. The van der Waals surface area contributed by atoms with E-state index >= 15 is 0 Å². The molecule has 36 heavy (non-hydrogen) atoms. The zero-order valence-electron chi connectivity index (χ0n) is 20.0. The van der Waals surface area contributed by atoms with Crippen LogP contribution in [0.4, 0.5) is 0 Å². The molecule has 0 saturated heterocycles. The van der Waals surface area contributed by atoms with E-state index in [-0.39, 0.29) is 18.5 Å². The summed E-state index contributed by atoms with van der Waals surface area (Å²) in [6.07, 6.45) is 1.37. The van der Waals surface area contributed by atoms with Crippen LogP contribution in [0.15, 0.2) is 57.5 Å². The van der Waals surface area contributed by atoms with Gasteiger partial charge in [-0.15, -0.1) is 0 Å². The highest BCUT2D eigenvalue weighted by Gasteiger charge is 2.34. The zero-order valence-corrected chi connectivity index (χ0v) is 21.6. The number of allylic oxidation sites excluding steroid dienone is 1. The Hall–Kier alpha value is -3.56. The average molecular weight is 527 g/mol. The van der Waals surface area contributed by atoms with Crippen molar-refractivity contribution in [3.63, 3.8) is 0 Å². The van der Waals surface area contributed by atoms with Gasteiger partial charge in [0.25, 0.3) is 5.56 Å². The van der Waals surface area contributed by atoms with Gasteiger partial charge < -0.3 is 18.9 Å². The molecule has 1 atom stereocenters. The van der Waals surface area contributed by atoms with Gasteiger partial charge in [-0.1, -0.05) is 35.1 Å². The fourth-order valence-electron chi connectivity index (χ4n) is 4.15. The minimum absolute atomic E-state index is 0.119. The third-order valence-corrected chi connectivity index (χ3v) is 7.10. The van der Waals surface area contributed by atoms with Crippen molar-refractivity contribution >= 4 is 35.0 Å². The van der Waals surface area contributed by atoms with Gasteiger partial charge in [0.2, 0.25) is 6.79 Å². The molecule has 1 aromatic heterocycles. The second-order valence-corrected chi connectivity index (χ2v) is 9.95. The van der Waals surface area contributed by atoms with Crippen LogP contribution in [0.5, 0.6) is 17.2 Å². The SMILES string of the molecule is COc1ccc(C2C(C(=O)OC(C)C)=C(C)N=c3s/c(=C/c4cc5c(cc4Cl)OCO5)c(=O)n32)cc1. The Kier molecular flexibility index (Phi) is 6.36. The first kappa shape index (κ1) is 24.1. The van der Waals surface area contributed by atoms with Crippen molar-refractivity contribution in [3.8, 4) is 17.2 Å². The predicted octanol–water partition coefficient (Wildman–Crippen LogP) is 3.58. The van der Waals surface area contributed by atoms with E-state index in [4.69, 9.17) is 30.5 Å². The number of halogens is 1. The summed E-state index contributed by atoms with van der Waals surface area (Å²) < 4.78 is 23.6. The van der Waals surface area contributed by atoms with Crippen molar-refractivity contribution in [3.05, 3.63) is 83.5 Å². The average Bonchev–Trinajstić information content (AvgIpc) is 3.41. The molecule has 0 N–H and O–H groups in total. The first-order valence-corrected chi connectivity index (χ1v) is 12.4. The Morgan fingerprint density at radius 3 is 2.58 bits per heavy atom. The number of hydrogen-bond donors (Lipinski definition) is 0. The molecule has 1 unspecified atom stereocenters. The Labute approximate surface area is 215 Å². The van der Waals surface area contributed by atoms with Gasteiger partial charge in [0.15, 0.2) is 16.3 Å². The predicted molar refractivity (Wildman–Crippen MR) is 136 cm³/mol. The summed E-state index contributed by atoms with van der Waals surface area (Å²) >= 11 is 7.67. The van der Waals surface area contributed by atoms with Crippen LogP contribution < -0.4 is 29.1 Å². The fraction of sp³-hybridized carbons (Fsp3) is 0.269. The molecule has 8 nitrogen and oxygen atoms in total. The van der Waals surface area contributed by atoms with Gasteiger partial charge in [0.1, 0.15) is 5.75 Å². The quantitative estimate of drug-likeness (QED) is 0.472.